The molecule has 0 saturated carbocycles. The number of halogens is 7. The normalized spacial score (nSPS) is 10.8. The number of hydrogen-bond donors (Lipinski definition) is 0. The Balaban J connectivity index is 0.000000152. The van der Waals surface area contributed by atoms with Gasteiger partial charge in [-0.3, -0.25) is 0 Å². The van der Waals surface area contributed by atoms with Gasteiger partial charge in [0.25, 0.3) is 0 Å². The number of rotatable bonds is 8. The molecule has 4 heterocycles. The Bertz CT molecular complexity index is 2560. The molecule has 8 rings (SSSR count). The van der Waals surface area contributed by atoms with E-state index in [-0.39, 0.29) is 17.8 Å². The minimum atomic E-state index is -4.30. The molecule has 0 unspecified atom stereocenters. The zero-order chi connectivity index (χ0) is 43.2. The first kappa shape index (κ1) is 47.0. The number of aromatic nitrogens is 4. The largest absolute Gasteiger partial charge is 0.416 e. The molecule has 0 N–H and O–H groups in total. The van der Waals surface area contributed by atoms with Crippen molar-refractivity contribution in [1.82, 2.24) is 19.9 Å². The molecule has 0 bridgehead atoms. The maximum Gasteiger partial charge on any atom is 0.416 e. The fraction of sp³-hybridized carbons (Fsp3) is 0.200. The van der Waals surface area contributed by atoms with Gasteiger partial charge in [0.15, 0.2) is 0 Å². The summed E-state index contributed by atoms with van der Waals surface area (Å²) in [5, 5.41) is 13.9. The predicted octanol–water partition coefficient (Wildman–Crippen LogP) is 15.3. The van der Waals surface area contributed by atoms with Crippen LogP contribution in [0.25, 0.3) is 0 Å². The Morgan fingerprint density at radius 1 is 0.483 bits per heavy atom. The second-order valence-corrected chi connectivity index (χ2v) is 18.4. The molecule has 4 nitrogen and oxygen atoms in total. The van der Waals surface area contributed by atoms with Gasteiger partial charge in [-0.25, -0.2) is 24.3 Å². The fourth-order valence-corrected chi connectivity index (χ4v) is 9.10. The molecule has 0 aliphatic carbocycles. The summed E-state index contributed by atoms with van der Waals surface area (Å²) in [6.45, 7) is 7.79. The summed E-state index contributed by atoms with van der Waals surface area (Å²) in [5.74, 6) is -0.152. The lowest BCUT2D eigenvalue weighted by molar-refractivity contribution is -0.138. The smallest absolute Gasteiger partial charge is 0.246 e. The quantitative estimate of drug-likeness (QED) is 0.142. The van der Waals surface area contributed by atoms with Crippen molar-refractivity contribution in [2.24, 2.45) is 0 Å². The summed E-state index contributed by atoms with van der Waals surface area (Å²) in [7, 11) is 0. The lowest BCUT2D eigenvalue weighted by atomic mass is 10.0. The molecule has 4 aromatic heterocycles. The van der Waals surface area contributed by atoms with Crippen molar-refractivity contribution in [3.8, 4) is 0 Å². The van der Waals surface area contributed by atoms with Crippen LogP contribution in [-0.4, -0.2) is 19.9 Å². The Hall–Kier alpha value is -4.01. The van der Waals surface area contributed by atoms with Crippen LogP contribution in [-0.2, 0) is 31.9 Å². The van der Waals surface area contributed by atoms with Crippen LogP contribution in [0.3, 0.4) is 0 Å². The summed E-state index contributed by atoms with van der Waals surface area (Å²) < 4.78 is 51.5. The molecular formula is C45H39Cl3F4N4S4. The van der Waals surface area contributed by atoms with Crippen molar-refractivity contribution >= 4 is 80.1 Å². The van der Waals surface area contributed by atoms with Crippen LogP contribution in [0.4, 0.5) is 17.6 Å². The van der Waals surface area contributed by atoms with E-state index in [9.17, 15) is 17.6 Å². The number of nitrogens with zero attached hydrogens (tertiary/aromatic N) is 4. The van der Waals surface area contributed by atoms with Crippen LogP contribution in [0.1, 0.15) is 70.6 Å². The number of hydrogen-bond acceptors (Lipinski definition) is 8. The highest BCUT2D eigenvalue weighted by Gasteiger charge is 2.33. The molecule has 0 spiro atoms. The first-order valence-corrected chi connectivity index (χ1v) is 23.0. The molecule has 0 amide bonds. The number of benzene rings is 4. The van der Waals surface area contributed by atoms with E-state index in [1.54, 1.807) is 52.2 Å². The minimum Gasteiger partial charge on any atom is -0.246 e. The summed E-state index contributed by atoms with van der Waals surface area (Å²) in [5.41, 5.74) is 6.80. The predicted molar refractivity (Wildman–Crippen MR) is 244 cm³/mol. The summed E-state index contributed by atoms with van der Waals surface area (Å²) >= 11 is 23.9. The van der Waals surface area contributed by atoms with Gasteiger partial charge in [0.2, 0.25) is 0 Å². The lowest BCUT2D eigenvalue weighted by Crippen LogP contribution is -2.09. The molecule has 0 saturated heterocycles. The van der Waals surface area contributed by atoms with Gasteiger partial charge in [-0.05, 0) is 86.3 Å². The molecule has 60 heavy (non-hydrogen) atoms. The van der Waals surface area contributed by atoms with Gasteiger partial charge >= 0.3 is 6.18 Å². The zero-order valence-electron chi connectivity index (χ0n) is 32.9. The molecular weight excluding hydrogens is 907 g/mol. The number of alkyl halides is 3. The highest BCUT2D eigenvalue weighted by Crippen LogP contribution is 2.33. The highest BCUT2D eigenvalue weighted by molar-refractivity contribution is 7.10. The van der Waals surface area contributed by atoms with E-state index in [0.717, 1.165) is 67.3 Å². The van der Waals surface area contributed by atoms with Crippen LogP contribution >= 0.6 is 80.1 Å². The van der Waals surface area contributed by atoms with Gasteiger partial charge in [-0.15, -0.1) is 45.3 Å². The number of thiazole rings is 4. The molecule has 0 aliphatic heterocycles. The summed E-state index contributed by atoms with van der Waals surface area (Å²) in [6, 6.07) is 26.0. The maximum absolute atomic E-state index is 13.3. The average Bonchev–Trinajstić information content (AvgIpc) is 4.02. The highest BCUT2D eigenvalue weighted by atomic mass is 35.5. The van der Waals surface area contributed by atoms with E-state index in [1.807, 2.05) is 92.4 Å². The second kappa shape index (κ2) is 22.7. The monoisotopic (exact) mass is 944 g/mol. The molecule has 0 atom stereocenters. The Morgan fingerprint density at radius 3 is 1.35 bits per heavy atom. The molecule has 4 aromatic carbocycles. The zero-order valence-corrected chi connectivity index (χ0v) is 38.4. The van der Waals surface area contributed by atoms with E-state index in [1.165, 1.54) is 35.1 Å². The van der Waals surface area contributed by atoms with Gasteiger partial charge in [0.1, 0.15) is 5.82 Å². The van der Waals surface area contributed by atoms with Gasteiger partial charge in [-0.1, -0.05) is 89.4 Å². The summed E-state index contributed by atoms with van der Waals surface area (Å²) in [4.78, 5) is 17.3. The van der Waals surface area contributed by atoms with Crippen LogP contribution < -0.4 is 0 Å². The molecule has 8 aromatic rings. The Morgan fingerprint density at radius 2 is 0.900 bits per heavy atom. The Labute approximate surface area is 378 Å². The molecule has 15 heteroatoms. The maximum atomic E-state index is 13.3. The first-order chi connectivity index (χ1) is 28.6. The van der Waals surface area contributed by atoms with Crippen LogP contribution in [0, 0.1) is 33.5 Å². The van der Waals surface area contributed by atoms with Crippen LogP contribution in [0.15, 0.2) is 113 Å². The van der Waals surface area contributed by atoms with E-state index in [2.05, 4.69) is 25.3 Å². The van der Waals surface area contributed by atoms with E-state index < -0.39 is 11.7 Å². The summed E-state index contributed by atoms with van der Waals surface area (Å²) in [6.07, 6.45) is -1.77. The van der Waals surface area contributed by atoms with Crippen molar-refractivity contribution in [2.75, 3.05) is 0 Å². The lowest BCUT2D eigenvalue weighted by Gasteiger charge is -2.11. The van der Waals surface area contributed by atoms with E-state index >= 15 is 0 Å². The van der Waals surface area contributed by atoms with Gasteiger partial charge in [-0.2, -0.15) is 13.2 Å². The molecule has 0 fully saturated rings. The first-order valence-electron chi connectivity index (χ1n) is 18.3. The van der Waals surface area contributed by atoms with Crippen LogP contribution in [0.5, 0.6) is 0 Å². The third kappa shape index (κ3) is 15.5. The standard InChI is InChI=1S/C12H10F3NS.C11H9Cl2NS.C11H10ClNS.C11H10FNS/c1-8-7-17-11(16-8)6-9-4-2-3-5-10(9)12(13,14)15;1-7-6-15-11(14-7)5-8-2-3-9(12)10(13)4-8;1-8-7-14-11(13-8)6-9-2-4-10(12)5-3-9;1-8-7-14-11(13-8)6-9-4-2-3-5-10(9)12/h2-5,7H,6H2,1H3;2-4,6H,5H2,1H3;2*2-5,7H,6H2,1H3. The van der Waals surface area contributed by atoms with Crippen molar-refractivity contribution in [3.05, 3.63) is 204 Å². The Kier molecular flexibility index (Phi) is 17.8. The second-order valence-electron chi connectivity index (χ2n) is 13.4. The van der Waals surface area contributed by atoms with Gasteiger partial charge in [0, 0.05) is 75.0 Å². The van der Waals surface area contributed by atoms with Crippen LogP contribution in [0.2, 0.25) is 15.1 Å². The SMILES string of the molecule is Cc1csc(Cc2ccc(Cl)c(Cl)c2)n1.Cc1csc(Cc2ccc(Cl)cc2)n1.Cc1csc(Cc2ccccc2C(F)(F)F)n1.Cc1csc(Cc2ccccc2F)n1. The minimum absolute atomic E-state index is 0.152. The van der Waals surface area contributed by atoms with Crippen molar-refractivity contribution in [2.45, 2.75) is 59.6 Å². The third-order valence-corrected chi connectivity index (χ3v) is 13.1. The van der Waals surface area contributed by atoms with Crippen molar-refractivity contribution in [3.63, 3.8) is 0 Å². The van der Waals surface area contributed by atoms with E-state index in [0.29, 0.717) is 27.0 Å². The van der Waals surface area contributed by atoms with Gasteiger partial charge in [0.05, 0.1) is 35.6 Å². The average molecular weight is 946 g/mol. The third-order valence-electron chi connectivity index (χ3n) is 8.24. The van der Waals surface area contributed by atoms with E-state index in [4.69, 9.17) is 34.8 Å². The van der Waals surface area contributed by atoms with Gasteiger partial charge < -0.3 is 0 Å². The molecule has 0 radical (unpaired) electrons. The van der Waals surface area contributed by atoms with Crippen molar-refractivity contribution in [1.29, 1.82) is 0 Å². The topological polar surface area (TPSA) is 51.6 Å². The molecule has 312 valence electrons. The van der Waals surface area contributed by atoms with Crippen molar-refractivity contribution < 1.29 is 17.6 Å². The number of aryl methyl sites for hydroxylation is 4. The molecule has 0 aliphatic rings. The fourth-order valence-electron chi connectivity index (χ4n) is 5.46.